The molecule has 0 spiro atoms. The summed E-state index contributed by atoms with van der Waals surface area (Å²) in [7, 11) is 1.84. The molecular formula is C17H21N5O. The first-order valence-electron chi connectivity index (χ1n) is 7.56. The Morgan fingerprint density at radius 1 is 1.13 bits per heavy atom. The van der Waals surface area contributed by atoms with Crippen LogP contribution in [0.25, 0.3) is 5.69 Å². The minimum atomic E-state index is -0.955. The number of hydrogen-bond acceptors (Lipinski definition) is 4. The van der Waals surface area contributed by atoms with Crippen molar-refractivity contribution in [3.63, 3.8) is 0 Å². The lowest BCUT2D eigenvalue weighted by Gasteiger charge is -2.22. The first-order chi connectivity index (χ1) is 11.0. The molecular weight excluding hydrogens is 290 g/mol. The van der Waals surface area contributed by atoms with Crippen LogP contribution in [0.15, 0.2) is 55.1 Å². The summed E-state index contributed by atoms with van der Waals surface area (Å²) < 4.78 is 3.53. The van der Waals surface area contributed by atoms with E-state index in [9.17, 15) is 5.11 Å². The quantitative estimate of drug-likeness (QED) is 0.725. The maximum absolute atomic E-state index is 10.5. The molecule has 6 nitrogen and oxygen atoms in total. The lowest BCUT2D eigenvalue weighted by atomic mass is 10.00. The summed E-state index contributed by atoms with van der Waals surface area (Å²) in [5, 5.41) is 22.3. The second-order valence-corrected chi connectivity index (χ2v) is 5.91. The van der Waals surface area contributed by atoms with Gasteiger partial charge < -0.3 is 10.4 Å². The Labute approximate surface area is 135 Å². The highest BCUT2D eigenvalue weighted by molar-refractivity contribution is 5.30. The normalized spacial score (nSPS) is 13.9. The summed E-state index contributed by atoms with van der Waals surface area (Å²) in [6.07, 6.45) is 7.34. The summed E-state index contributed by atoms with van der Waals surface area (Å²) in [4.78, 5) is 0. The molecule has 6 heteroatoms. The predicted molar refractivity (Wildman–Crippen MR) is 88.0 cm³/mol. The van der Waals surface area contributed by atoms with Crippen LogP contribution in [0.5, 0.6) is 0 Å². The smallest absolute Gasteiger partial charge is 0.102 e. The van der Waals surface area contributed by atoms with Crippen LogP contribution in [-0.2, 0) is 19.2 Å². The van der Waals surface area contributed by atoms with Crippen molar-refractivity contribution in [1.82, 2.24) is 24.9 Å². The van der Waals surface area contributed by atoms with E-state index in [1.807, 2.05) is 60.7 Å². The molecule has 2 heterocycles. The standard InChI is InChI=1S/C17H21N5O/c1-17(23,15-10-19-21(2)12-15)13-18-8-14-9-20-22(11-14)16-6-4-3-5-7-16/h3-7,9-12,18,23H,8,13H2,1-2H3. The number of aryl methyl sites for hydroxylation is 1. The lowest BCUT2D eigenvalue weighted by Crippen LogP contribution is -2.34. The van der Waals surface area contributed by atoms with E-state index in [1.165, 1.54) is 0 Å². The Bertz CT molecular complexity index is 760. The lowest BCUT2D eigenvalue weighted by molar-refractivity contribution is 0.0566. The third-order valence-electron chi connectivity index (χ3n) is 3.78. The summed E-state index contributed by atoms with van der Waals surface area (Å²) in [5.41, 5.74) is 1.94. The van der Waals surface area contributed by atoms with Gasteiger partial charge in [0.05, 0.1) is 18.1 Å². The third kappa shape index (κ3) is 3.67. The maximum atomic E-state index is 10.5. The SMILES string of the molecule is Cn1cc(C(C)(O)CNCc2cnn(-c3ccccc3)c2)cn1. The van der Waals surface area contributed by atoms with E-state index < -0.39 is 5.60 Å². The Morgan fingerprint density at radius 3 is 2.61 bits per heavy atom. The van der Waals surface area contributed by atoms with Crippen molar-refractivity contribution < 1.29 is 5.11 Å². The van der Waals surface area contributed by atoms with Gasteiger partial charge in [-0.05, 0) is 19.1 Å². The van der Waals surface area contributed by atoms with Gasteiger partial charge in [-0.2, -0.15) is 10.2 Å². The first kappa shape index (κ1) is 15.5. The van der Waals surface area contributed by atoms with Crippen LogP contribution in [0.4, 0.5) is 0 Å². The molecule has 2 N–H and O–H groups in total. The van der Waals surface area contributed by atoms with E-state index in [0.717, 1.165) is 16.8 Å². The van der Waals surface area contributed by atoms with E-state index in [2.05, 4.69) is 15.5 Å². The van der Waals surface area contributed by atoms with Crippen molar-refractivity contribution in [1.29, 1.82) is 0 Å². The number of aliphatic hydroxyl groups is 1. The number of para-hydroxylation sites is 1. The van der Waals surface area contributed by atoms with Crippen molar-refractivity contribution in [2.24, 2.45) is 7.05 Å². The van der Waals surface area contributed by atoms with Gasteiger partial charge in [-0.25, -0.2) is 4.68 Å². The molecule has 1 unspecified atom stereocenters. The molecule has 0 aliphatic rings. The largest absolute Gasteiger partial charge is 0.384 e. The molecule has 0 saturated heterocycles. The average Bonchev–Trinajstić information content (AvgIpc) is 3.17. The Kier molecular flexibility index (Phi) is 4.27. The van der Waals surface area contributed by atoms with Gasteiger partial charge in [0.2, 0.25) is 0 Å². The van der Waals surface area contributed by atoms with Gasteiger partial charge in [-0.1, -0.05) is 18.2 Å². The minimum Gasteiger partial charge on any atom is -0.384 e. The van der Waals surface area contributed by atoms with Crippen LogP contribution in [0.1, 0.15) is 18.1 Å². The van der Waals surface area contributed by atoms with E-state index in [0.29, 0.717) is 13.1 Å². The third-order valence-corrected chi connectivity index (χ3v) is 3.78. The van der Waals surface area contributed by atoms with Crippen LogP contribution in [0.3, 0.4) is 0 Å². The molecule has 0 radical (unpaired) electrons. The molecule has 120 valence electrons. The molecule has 0 amide bonds. The Balaban J connectivity index is 1.58. The number of nitrogens with zero attached hydrogens (tertiary/aromatic N) is 4. The van der Waals surface area contributed by atoms with E-state index in [1.54, 1.807) is 17.8 Å². The van der Waals surface area contributed by atoms with Crippen molar-refractivity contribution in [2.75, 3.05) is 6.54 Å². The molecule has 1 atom stereocenters. The highest BCUT2D eigenvalue weighted by Crippen LogP contribution is 2.18. The monoisotopic (exact) mass is 311 g/mol. The van der Waals surface area contributed by atoms with Crippen LogP contribution < -0.4 is 5.32 Å². The molecule has 23 heavy (non-hydrogen) atoms. The maximum Gasteiger partial charge on any atom is 0.102 e. The molecule has 0 fully saturated rings. The summed E-state index contributed by atoms with van der Waals surface area (Å²) >= 11 is 0. The highest BCUT2D eigenvalue weighted by atomic mass is 16.3. The van der Waals surface area contributed by atoms with Crippen LogP contribution in [0, 0.1) is 0 Å². The van der Waals surface area contributed by atoms with Crippen molar-refractivity contribution in [3.05, 3.63) is 66.2 Å². The second kappa shape index (κ2) is 6.36. The van der Waals surface area contributed by atoms with E-state index in [4.69, 9.17) is 0 Å². The molecule has 0 bridgehead atoms. The zero-order valence-electron chi connectivity index (χ0n) is 13.3. The number of nitrogens with one attached hydrogen (secondary N) is 1. The van der Waals surface area contributed by atoms with Crippen LogP contribution >= 0.6 is 0 Å². The number of benzene rings is 1. The zero-order chi connectivity index (χ0) is 16.3. The second-order valence-electron chi connectivity index (χ2n) is 5.91. The highest BCUT2D eigenvalue weighted by Gasteiger charge is 2.24. The van der Waals surface area contributed by atoms with Gasteiger partial charge in [-0.15, -0.1) is 0 Å². The number of rotatable bonds is 6. The first-order valence-corrected chi connectivity index (χ1v) is 7.56. The van der Waals surface area contributed by atoms with Crippen molar-refractivity contribution >= 4 is 0 Å². The fourth-order valence-electron chi connectivity index (χ4n) is 2.42. The van der Waals surface area contributed by atoms with Gasteiger partial charge in [-0.3, -0.25) is 4.68 Å². The van der Waals surface area contributed by atoms with Gasteiger partial charge >= 0.3 is 0 Å². The molecule has 0 aliphatic carbocycles. The van der Waals surface area contributed by atoms with Crippen molar-refractivity contribution in [2.45, 2.75) is 19.1 Å². The van der Waals surface area contributed by atoms with Crippen LogP contribution in [0.2, 0.25) is 0 Å². The molecule has 0 saturated carbocycles. The average molecular weight is 311 g/mol. The topological polar surface area (TPSA) is 67.9 Å². The Morgan fingerprint density at radius 2 is 1.91 bits per heavy atom. The molecule has 0 aliphatic heterocycles. The van der Waals surface area contributed by atoms with E-state index in [-0.39, 0.29) is 0 Å². The number of hydrogen-bond donors (Lipinski definition) is 2. The Hall–Kier alpha value is -2.44. The van der Waals surface area contributed by atoms with Gasteiger partial charge in [0.15, 0.2) is 0 Å². The molecule has 2 aromatic heterocycles. The fraction of sp³-hybridized carbons (Fsp3) is 0.294. The van der Waals surface area contributed by atoms with Gasteiger partial charge in [0.1, 0.15) is 5.60 Å². The summed E-state index contributed by atoms with van der Waals surface area (Å²) in [6.45, 7) is 2.86. The van der Waals surface area contributed by atoms with Crippen molar-refractivity contribution in [3.8, 4) is 5.69 Å². The zero-order valence-corrected chi connectivity index (χ0v) is 13.3. The van der Waals surface area contributed by atoms with Gasteiger partial charge in [0, 0.05) is 43.7 Å². The fourth-order valence-corrected chi connectivity index (χ4v) is 2.42. The van der Waals surface area contributed by atoms with Crippen LogP contribution in [-0.4, -0.2) is 31.2 Å². The molecule has 1 aromatic carbocycles. The predicted octanol–water partition coefficient (Wildman–Crippen LogP) is 1.60. The number of aromatic nitrogens is 4. The molecule has 3 rings (SSSR count). The summed E-state index contributed by atoms with van der Waals surface area (Å²) in [6, 6.07) is 9.98. The minimum absolute atomic E-state index is 0.440. The molecule has 3 aromatic rings. The summed E-state index contributed by atoms with van der Waals surface area (Å²) in [5.74, 6) is 0. The van der Waals surface area contributed by atoms with Gasteiger partial charge in [0.25, 0.3) is 0 Å². The van der Waals surface area contributed by atoms with E-state index >= 15 is 0 Å².